The molecule has 0 nitrogen and oxygen atoms in total. The third kappa shape index (κ3) is 2.83. The van der Waals surface area contributed by atoms with E-state index < -0.39 is 12.4 Å². The van der Waals surface area contributed by atoms with Crippen LogP contribution in [-0.4, -0.2) is 6.98 Å². The number of halogens is 4. The maximum Gasteiger partial charge on any atom is 1.00 e. The Balaban J connectivity index is 0.00000128. The molecule has 0 saturated carbocycles. The fraction of sp³-hybridized carbons (Fsp3) is 0. The summed E-state index contributed by atoms with van der Waals surface area (Å²) in [6.45, 7) is -5.02. The summed E-state index contributed by atoms with van der Waals surface area (Å²) in [6.07, 6.45) is 0. The van der Waals surface area contributed by atoms with Gasteiger partial charge in [-0.3, -0.25) is 0 Å². The fourth-order valence-electron chi connectivity index (χ4n) is 1.60. The van der Waals surface area contributed by atoms with Gasteiger partial charge < -0.3 is 12.9 Å². The van der Waals surface area contributed by atoms with Gasteiger partial charge in [-0.1, -0.05) is 47.4 Å². The first kappa shape index (κ1) is 14.5. The van der Waals surface area contributed by atoms with E-state index in [9.17, 15) is 12.9 Å². The standard InChI is InChI=1S/C10H6BClF3.K/c12-9-6-2-4-7-3-1-5-8(10(7)9)11(13,14)15;/h1-6H;/q-1;+1. The molecule has 0 radical (unpaired) electrons. The number of benzene rings is 2. The SMILES string of the molecule is F[B-](F)(F)c1cccc2cccc(Cl)c12.[K+]. The van der Waals surface area contributed by atoms with Gasteiger partial charge in [0.1, 0.15) is 0 Å². The predicted octanol–water partition coefficient (Wildman–Crippen LogP) is 0.552. The molecule has 0 amide bonds. The molecule has 2 rings (SSSR count). The van der Waals surface area contributed by atoms with Crippen LogP contribution in [-0.2, 0) is 0 Å². The maximum atomic E-state index is 12.7. The number of hydrogen-bond donors (Lipinski definition) is 0. The Labute approximate surface area is 139 Å². The average Bonchev–Trinajstić information content (AvgIpc) is 2.16. The molecule has 0 bridgehead atoms. The summed E-state index contributed by atoms with van der Waals surface area (Å²) in [7, 11) is 0. The Hall–Kier alpha value is 0.481. The van der Waals surface area contributed by atoms with Crippen molar-refractivity contribution in [1.29, 1.82) is 0 Å². The topological polar surface area (TPSA) is 0 Å². The molecule has 0 unspecified atom stereocenters. The number of rotatable bonds is 1. The monoisotopic (exact) mass is 268 g/mol. The quantitative estimate of drug-likeness (QED) is 0.663. The minimum Gasteiger partial charge on any atom is -0.445 e. The van der Waals surface area contributed by atoms with Gasteiger partial charge in [-0.15, -0.1) is 0 Å². The first-order valence-corrected chi connectivity index (χ1v) is 4.75. The van der Waals surface area contributed by atoms with E-state index in [0.29, 0.717) is 5.39 Å². The van der Waals surface area contributed by atoms with Crippen molar-refractivity contribution in [3.05, 3.63) is 41.4 Å². The van der Waals surface area contributed by atoms with Crippen LogP contribution >= 0.6 is 11.6 Å². The molecule has 0 N–H and O–H groups in total. The van der Waals surface area contributed by atoms with Gasteiger partial charge >= 0.3 is 58.4 Å². The minimum absolute atomic E-state index is 0. The zero-order valence-corrected chi connectivity index (χ0v) is 12.4. The molecule has 2 aromatic carbocycles. The summed E-state index contributed by atoms with van der Waals surface area (Å²) in [5, 5.41) is 0.746. The van der Waals surface area contributed by atoms with Gasteiger partial charge in [0, 0.05) is 5.02 Å². The molecule has 0 aliphatic carbocycles. The van der Waals surface area contributed by atoms with Crippen LogP contribution in [0, 0.1) is 0 Å². The molecule has 0 aliphatic heterocycles. The molecular weight excluding hydrogens is 262 g/mol. The van der Waals surface area contributed by atoms with Gasteiger partial charge in [0.05, 0.1) is 0 Å². The van der Waals surface area contributed by atoms with Gasteiger partial charge in [-0.2, -0.15) is 0 Å². The van der Waals surface area contributed by atoms with Crippen LogP contribution < -0.4 is 56.8 Å². The van der Waals surface area contributed by atoms with Gasteiger partial charge in [-0.25, -0.2) is 0 Å². The fourth-order valence-corrected chi connectivity index (χ4v) is 1.89. The summed E-state index contributed by atoms with van der Waals surface area (Å²) in [5.74, 6) is 0. The van der Waals surface area contributed by atoms with Crippen molar-refractivity contribution in [2.24, 2.45) is 0 Å². The van der Waals surface area contributed by atoms with Gasteiger partial charge in [-0.05, 0) is 16.8 Å². The van der Waals surface area contributed by atoms with Crippen molar-refractivity contribution in [2.75, 3.05) is 0 Å². The van der Waals surface area contributed by atoms with E-state index in [0.717, 1.165) is 6.07 Å². The molecule has 2 aromatic rings. The number of fused-ring (bicyclic) bond motifs is 1. The summed E-state index contributed by atoms with van der Waals surface area (Å²) in [4.78, 5) is 0. The normalized spacial score (nSPS) is 11.2. The molecule has 0 atom stereocenters. The predicted molar refractivity (Wildman–Crippen MR) is 57.7 cm³/mol. The van der Waals surface area contributed by atoms with Crippen molar-refractivity contribution >= 4 is 34.8 Å². The van der Waals surface area contributed by atoms with E-state index in [1.165, 1.54) is 12.1 Å². The molecule has 0 heterocycles. The van der Waals surface area contributed by atoms with Crippen LogP contribution in [0.4, 0.5) is 12.9 Å². The van der Waals surface area contributed by atoms with E-state index in [-0.39, 0.29) is 61.8 Å². The molecule has 0 aliphatic rings. The third-order valence-electron chi connectivity index (χ3n) is 2.24. The Kier molecular flexibility index (Phi) is 4.92. The minimum atomic E-state index is -5.02. The summed E-state index contributed by atoms with van der Waals surface area (Å²) >= 11 is 5.78. The Morgan fingerprint density at radius 2 is 1.50 bits per heavy atom. The second-order valence-corrected chi connectivity index (χ2v) is 3.67. The summed E-state index contributed by atoms with van der Waals surface area (Å²) in [6, 6.07) is 8.80. The van der Waals surface area contributed by atoms with Crippen molar-refractivity contribution in [1.82, 2.24) is 0 Å². The zero-order valence-electron chi connectivity index (χ0n) is 8.55. The van der Waals surface area contributed by atoms with Crippen molar-refractivity contribution < 1.29 is 64.3 Å². The average molecular weight is 269 g/mol. The van der Waals surface area contributed by atoms with E-state index in [2.05, 4.69) is 0 Å². The molecule has 0 spiro atoms. The van der Waals surface area contributed by atoms with Gasteiger partial charge in [0.15, 0.2) is 0 Å². The second kappa shape index (κ2) is 5.42. The molecule has 6 heteroatoms. The third-order valence-corrected chi connectivity index (χ3v) is 2.55. The van der Waals surface area contributed by atoms with E-state index in [4.69, 9.17) is 11.6 Å². The van der Waals surface area contributed by atoms with Crippen LogP contribution in [0.2, 0.25) is 5.02 Å². The van der Waals surface area contributed by atoms with Crippen molar-refractivity contribution in [2.45, 2.75) is 0 Å². The molecule has 0 saturated heterocycles. The maximum absolute atomic E-state index is 12.7. The second-order valence-electron chi connectivity index (χ2n) is 3.26. The summed E-state index contributed by atoms with van der Waals surface area (Å²) < 4.78 is 38.1. The number of hydrogen-bond acceptors (Lipinski definition) is 0. The van der Waals surface area contributed by atoms with Crippen LogP contribution in [0.15, 0.2) is 36.4 Å². The van der Waals surface area contributed by atoms with Crippen molar-refractivity contribution in [3.63, 3.8) is 0 Å². The van der Waals surface area contributed by atoms with E-state index in [1.807, 2.05) is 0 Å². The molecule has 0 aromatic heterocycles. The first-order chi connectivity index (χ1) is 7.00. The zero-order chi connectivity index (χ0) is 11.1. The molecule has 0 fully saturated rings. The first-order valence-electron chi connectivity index (χ1n) is 4.37. The van der Waals surface area contributed by atoms with E-state index >= 15 is 0 Å². The van der Waals surface area contributed by atoms with Crippen molar-refractivity contribution in [3.8, 4) is 0 Å². The van der Waals surface area contributed by atoms with Crippen LogP contribution in [0.1, 0.15) is 0 Å². The Bertz CT molecular complexity index is 508. The smallest absolute Gasteiger partial charge is 0.445 e. The molecular formula is C10H6BClF3K. The largest absolute Gasteiger partial charge is 1.00 e. The van der Waals surface area contributed by atoms with Crippen LogP contribution in [0.3, 0.4) is 0 Å². The van der Waals surface area contributed by atoms with Gasteiger partial charge in [0.2, 0.25) is 0 Å². The molecule has 78 valence electrons. The Morgan fingerprint density at radius 1 is 0.938 bits per heavy atom. The summed E-state index contributed by atoms with van der Waals surface area (Å²) in [5.41, 5.74) is -0.627. The Morgan fingerprint density at radius 3 is 2.06 bits per heavy atom. The van der Waals surface area contributed by atoms with Crippen LogP contribution in [0.25, 0.3) is 10.8 Å². The van der Waals surface area contributed by atoms with Crippen LogP contribution in [0.5, 0.6) is 0 Å². The molecule has 16 heavy (non-hydrogen) atoms. The van der Waals surface area contributed by atoms with Gasteiger partial charge in [0.25, 0.3) is 0 Å². The van der Waals surface area contributed by atoms with E-state index in [1.54, 1.807) is 18.2 Å².